The summed E-state index contributed by atoms with van der Waals surface area (Å²) < 4.78 is 2.40. The van der Waals surface area contributed by atoms with E-state index in [-0.39, 0.29) is 0 Å². The van der Waals surface area contributed by atoms with Gasteiger partial charge in [-0.05, 0) is 62.7 Å². The molecule has 2 aromatic heterocycles. The highest BCUT2D eigenvalue weighted by atomic mass is 15.0. The molecule has 0 saturated heterocycles. The maximum Gasteiger partial charge on any atom is 0.0723 e. The molecule has 0 spiro atoms. The molecular weight excluding hydrogens is 544 g/mol. The molecule has 9 aromatic rings. The van der Waals surface area contributed by atoms with Gasteiger partial charge in [-0.3, -0.25) is 4.98 Å². The number of rotatable bonds is 4. The Kier molecular flexibility index (Phi) is 5.85. The number of nitrogens with zero attached hydrogens (tertiary/aromatic N) is 2. The first-order valence-electron chi connectivity index (χ1n) is 15.4. The summed E-state index contributed by atoms with van der Waals surface area (Å²) in [5.41, 5.74) is 10.4. The quantitative estimate of drug-likeness (QED) is 0.205. The highest BCUT2D eigenvalue weighted by molar-refractivity contribution is 6.18. The largest absolute Gasteiger partial charge is 0.308 e. The average Bonchev–Trinajstić information content (AvgIpc) is 3.47. The van der Waals surface area contributed by atoms with E-state index in [1.54, 1.807) is 0 Å². The second-order valence-corrected chi connectivity index (χ2v) is 11.6. The number of hydrogen-bond donors (Lipinski definition) is 0. The molecule has 0 aliphatic rings. The van der Waals surface area contributed by atoms with Crippen LogP contribution in [0.1, 0.15) is 0 Å². The van der Waals surface area contributed by atoms with Crippen LogP contribution in [0, 0.1) is 0 Å². The van der Waals surface area contributed by atoms with Crippen molar-refractivity contribution in [2.45, 2.75) is 0 Å². The summed E-state index contributed by atoms with van der Waals surface area (Å²) >= 11 is 0. The van der Waals surface area contributed by atoms with E-state index in [0.717, 1.165) is 16.9 Å². The van der Waals surface area contributed by atoms with E-state index in [9.17, 15) is 0 Å². The fourth-order valence-electron chi connectivity index (χ4n) is 6.98. The molecule has 0 atom stereocenters. The first kappa shape index (κ1) is 25.5. The lowest BCUT2D eigenvalue weighted by Crippen LogP contribution is -1.96. The van der Waals surface area contributed by atoms with Gasteiger partial charge in [-0.2, -0.15) is 0 Å². The van der Waals surface area contributed by atoms with Crippen LogP contribution in [0.15, 0.2) is 170 Å². The van der Waals surface area contributed by atoms with Crippen molar-refractivity contribution in [1.82, 2.24) is 9.55 Å². The summed E-state index contributed by atoms with van der Waals surface area (Å²) in [6, 6.07) is 58.8. The number of benzene rings is 7. The zero-order valence-electron chi connectivity index (χ0n) is 24.6. The molecule has 0 bridgehead atoms. The molecule has 0 radical (unpaired) electrons. The number of para-hydroxylation sites is 1. The molecule has 0 aliphatic carbocycles. The van der Waals surface area contributed by atoms with Gasteiger partial charge in [0, 0.05) is 33.6 Å². The predicted molar refractivity (Wildman–Crippen MR) is 190 cm³/mol. The first-order chi connectivity index (χ1) is 22.3. The molecule has 7 aromatic carbocycles. The molecular formula is C43H28N2. The Balaban J connectivity index is 1.20. The zero-order valence-corrected chi connectivity index (χ0v) is 24.6. The molecule has 2 nitrogen and oxygen atoms in total. The van der Waals surface area contributed by atoms with E-state index in [0.29, 0.717) is 0 Å². The van der Waals surface area contributed by atoms with Crippen LogP contribution in [0.2, 0.25) is 0 Å². The minimum Gasteiger partial charge on any atom is -0.308 e. The van der Waals surface area contributed by atoms with Crippen molar-refractivity contribution in [2.24, 2.45) is 0 Å². The van der Waals surface area contributed by atoms with Crippen LogP contribution in [0.25, 0.3) is 82.5 Å². The number of fused-ring (bicyclic) bond motifs is 6. The van der Waals surface area contributed by atoms with Crippen LogP contribution < -0.4 is 0 Å². The Morgan fingerprint density at radius 2 is 1.04 bits per heavy atom. The van der Waals surface area contributed by atoms with E-state index in [1.165, 1.54) is 65.6 Å². The molecule has 0 amide bonds. The van der Waals surface area contributed by atoms with E-state index < -0.39 is 0 Å². The van der Waals surface area contributed by atoms with E-state index >= 15 is 0 Å². The van der Waals surface area contributed by atoms with E-state index in [1.807, 2.05) is 6.20 Å². The maximum atomic E-state index is 4.88. The topological polar surface area (TPSA) is 17.8 Å². The second kappa shape index (κ2) is 10.3. The van der Waals surface area contributed by atoms with Crippen molar-refractivity contribution in [3.8, 4) is 39.2 Å². The third-order valence-electron chi connectivity index (χ3n) is 9.04. The van der Waals surface area contributed by atoms with Crippen LogP contribution in [-0.2, 0) is 0 Å². The minimum absolute atomic E-state index is 0.950. The third kappa shape index (κ3) is 4.15. The van der Waals surface area contributed by atoms with Gasteiger partial charge in [0.1, 0.15) is 0 Å². The van der Waals surface area contributed by atoms with Gasteiger partial charge in [0.15, 0.2) is 0 Å². The van der Waals surface area contributed by atoms with Crippen LogP contribution in [0.4, 0.5) is 0 Å². The average molecular weight is 573 g/mol. The second-order valence-electron chi connectivity index (χ2n) is 11.6. The maximum absolute atomic E-state index is 4.88. The number of aromatic nitrogens is 2. The van der Waals surface area contributed by atoms with Crippen molar-refractivity contribution >= 4 is 43.4 Å². The van der Waals surface area contributed by atoms with Gasteiger partial charge in [0.25, 0.3) is 0 Å². The van der Waals surface area contributed by atoms with Gasteiger partial charge in [-0.25, -0.2) is 0 Å². The Hall–Kier alpha value is -5.99. The fraction of sp³-hybridized carbons (Fsp3) is 0. The Labute approximate surface area is 261 Å². The fourth-order valence-corrected chi connectivity index (χ4v) is 6.98. The minimum atomic E-state index is 0.950. The van der Waals surface area contributed by atoms with Crippen LogP contribution in [0.5, 0.6) is 0 Å². The summed E-state index contributed by atoms with van der Waals surface area (Å²) in [4.78, 5) is 4.88. The molecule has 2 heteroatoms. The third-order valence-corrected chi connectivity index (χ3v) is 9.04. The predicted octanol–water partition coefficient (Wildman–Crippen LogP) is 11.5. The van der Waals surface area contributed by atoms with Crippen molar-refractivity contribution in [3.05, 3.63) is 170 Å². The molecule has 0 N–H and O–H groups in total. The van der Waals surface area contributed by atoms with Gasteiger partial charge in [-0.15, -0.1) is 0 Å². The molecule has 0 fully saturated rings. The smallest absolute Gasteiger partial charge is 0.0723 e. The summed E-state index contributed by atoms with van der Waals surface area (Å²) in [7, 11) is 0. The zero-order chi connectivity index (χ0) is 29.7. The Bertz CT molecular complexity index is 2540. The molecule has 9 rings (SSSR count). The highest BCUT2D eigenvalue weighted by Gasteiger charge is 2.16. The lowest BCUT2D eigenvalue weighted by Gasteiger charge is -2.14. The number of pyridine rings is 1. The lowest BCUT2D eigenvalue weighted by atomic mass is 9.91. The standard InChI is InChI=1S/C43H28N2/c1-2-11-29(12-3-1)34-23-24-35(38-18-7-6-17-37(34)38)31-14-10-15-32(27-31)41-28-33(25-26-44-41)45-42-20-9-8-19-39(42)40-22-21-30-13-4-5-16-36(30)43(40)45/h1-28H. The molecule has 45 heavy (non-hydrogen) atoms. The lowest BCUT2D eigenvalue weighted by molar-refractivity contribution is 1.16. The van der Waals surface area contributed by atoms with Crippen molar-refractivity contribution in [3.63, 3.8) is 0 Å². The molecule has 2 heterocycles. The molecule has 0 unspecified atom stereocenters. The van der Waals surface area contributed by atoms with Crippen LogP contribution in [0.3, 0.4) is 0 Å². The van der Waals surface area contributed by atoms with Crippen molar-refractivity contribution in [2.75, 3.05) is 0 Å². The van der Waals surface area contributed by atoms with Gasteiger partial charge < -0.3 is 4.57 Å². The normalized spacial score (nSPS) is 11.6. The molecule has 0 aliphatic heterocycles. The summed E-state index contributed by atoms with van der Waals surface area (Å²) in [5, 5.41) is 7.50. The van der Waals surface area contributed by atoms with E-state index in [2.05, 4.69) is 168 Å². The molecule has 0 saturated carbocycles. The van der Waals surface area contributed by atoms with Crippen LogP contribution in [-0.4, -0.2) is 9.55 Å². The van der Waals surface area contributed by atoms with Gasteiger partial charge in [0.2, 0.25) is 0 Å². The Morgan fingerprint density at radius 3 is 1.87 bits per heavy atom. The van der Waals surface area contributed by atoms with Crippen molar-refractivity contribution in [1.29, 1.82) is 0 Å². The number of hydrogen-bond acceptors (Lipinski definition) is 1. The summed E-state index contributed by atoms with van der Waals surface area (Å²) in [6.45, 7) is 0. The van der Waals surface area contributed by atoms with E-state index in [4.69, 9.17) is 4.98 Å². The van der Waals surface area contributed by atoms with Gasteiger partial charge >= 0.3 is 0 Å². The summed E-state index contributed by atoms with van der Waals surface area (Å²) in [5.74, 6) is 0. The van der Waals surface area contributed by atoms with Gasteiger partial charge in [-0.1, -0.05) is 140 Å². The first-order valence-corrected chi connectivity index (χ1v) is 15.4. The highest BCUT2D eigenvalue weighted by Crippen LogP contribution is 2.39. The Morgan fingerprint density at radius 1 is 0.400 bits per heavy atom. The SMILES string of the molecule is c1ccc(-c2ccc(-c3cccc(-c4cc(-n5c6ccccc6c6ccc7ccccc7c65)ccn4)c3)c3ccccc23)cc1. The summed E-state index contributed by atoms with van der Waals surface area (Å²) in [6.07, 6.45) is 1.94. The van der Waals surface area contributed by atoms with Crippen LogP contribution >= 0.6 is 0 Å². The van der Waals surface area contributed by atoms with Crippen molar-refractivity contribution < 1.29 is 0 Å². The monoisotopic (exact) mass is 572 g/mol. The van der Waals surface area contributed by atoms with Gasteiger partial charge in [0.05, 0.1) is 16.7 Å². The molecule has 210 valence electrons.